The number of rotatable bonds is 4. The largest absolute Gasteiger partial charge is 0.348 e. The number of aromatic nitrogens is 1. The first kappa shape index (κ1) is 15.3. The van der Waals surface area contributed by atoms with E-state index in [2.05, 4.69) is 53.2 Å². The molecule has 0 amide bonds. The summed E-state index contributed by atoms with van der Waals surface area (Å²) in [6.45, 7) is 6.42. The van der Waals surface area contributed by atoms with Gasteiger partial charge in [0.1, 0.15) is 0 Å². The van der Waals surface area contributed by atoms with Gasteiger partial charge in [-0.15, -0.1) is 0 Å². The molecule has 0 radical (unpaired) electrons. The SMILES string of the molecule is C=C(C1CCCCC1)N(C)c1cccc(-c2cc(C)ns2)c1. The van der Waals surface area contributed by atoms with Crippen LogP contribution in [0.15, 0.2) is 42.6 Å². The maximum atomic E-state index is 4.39. The van der Waals surface area contributed by atoms with Crippen LogP contribution in [0.2, 0.25) is 0 Å². The monoisotopic (exact) mass is 312 g/mol. The fourth-order valence-electron chi connectivity index (χ4n) is 3.24. The predicted octanol–water partition coefficient (Wildman–Crippen LogP) is 5.65. The molecule has 0 atom stereocenters. The Balaban J connectivity index is 1.80. The number of anilines is 1. The minimum absolute atomic E-state index is 0.646. The first-order chi connectivity index (χ1) is 10.6. The van der Waals surface area contributed by atoms with E-state index in [1.54, 1.807) is 11.5 Å². The Hall–Kier alpha value is -1.61. The molecule has 0 spiro atoms. The van der Waals surface area contributed by atoms with Gasteiger partial charge < -0.3 is 4.90 Å². The molecule has 1 aliphatic rings. The molecule has 2 aromatic rings. The van der Waals surface area contributed by atoms with Crippen molar-refractivity contribution in [2.45, 2.75) is 39.0 Å². The molecule has 0 bridgehead atoms. The molecule has 0 unspecified atom stereocenters. The van der Waals surface area contributed by atoms with E-state index in [1.165, 1.54) is 53.9 Å². The van der Waals surface area contributed by atoms with Crippen LogP contribution in [0.3, 0.4) is 0 Å². The summed E-state index contributed by atoms with van der Waals surface area (Å²) in [5.74, 6) is 0.646. The second kappa shape index (κ2) is 6.66. The molecule has 1 fully saturated rings. The Bertz CT molecular complexity index is 653. The maximum Gasteiger partial charge on any atom is 0.0553 e. The highest BCUT2D eigenvalue weighted by molar-refractivity contribution is 7.09. The molecule has 22 heavy (non-hydrogen) atoms. The van der Waals surface area contributed by atoms with Gasteiger partial charge in [0.2, 0.25) is 0 Å². The lowest BCUT2D eigenvalue weighted by molar-refractivity contribution is 0.398. The van der Waals surface area contributed by atoms with Crippen LogP contribution in [0.1, 0.15) is 37.8 Å². The first-order valence-corrected chi connectivity index (χ1v) is 8.89. The summed E-state index contributed by atoms with van der Waals surface area (Å²) in [5, 5.41) is 0. The second-order valence-electron chi connectivity index (χ2n) is 6.27. The standard InChI is InChI=1S/C19H24N2S/c1-14-12-19(22-20-14)17-10-7-11-18(13-17)21(3)15(2)16-8-5-4-6-9-16/h7,10-13,16H,2,4-6,8-9H2,1,3H3. The van der Waals surface area contributed by atoms with Gasteiger partial charge in [0.25, 0.3) is 0 Å². The molecule has 1 aromatic heterocycles. The van der Waals surface area contributed by atoms with Crippen LogP contribution in [0.4, 0.5) is 5.69 Å². The second-order valence-corrected chi connectivity index (χ2v) is 7.07. The van der Waals surface area contributed by atoms with Crippen LogP contribution >= 0.6 is 11.5 Å². The zero-order valence-corrected chi connectivity index (χ0v) is 14.3. The predicted molar refractivity (Wildman–Crippen MR) is 96.4 cm³/mol. The van der Waals surface area contributed by atoms with E-state index in [0.717, 1.165) is 5.69 Å². The van der Waals surface area contributed by atoms with E-state index in [1.807, 2.05) is 6.92 Å². The first-order valence-electron chi connectivity index (χ1n) is 8.11. The van der Waals surface area contributed by atoms with Crippen LogP contribution in [-0.4, -0.2) is 11.4 Å². The fourth-order valence-corrected chi connectivity index (χ4v) is 3.99. The highest BCUT2D eigenvalue weighted by Crippen LogP contribution is 2.34. The number of hydrogen-bond donors (Lipinski definition) is 0. The molecule has 3 rings (SSSR count). The van der Waals surface area contributed by atoms with Crippen molar-refractivity contribution in [3.05, 3.63) is 48.3 Å². The molecular formula is C19H24N2S. The van der Waals surface area contributed by atoms with Gasteiger partial charge in [0.15, 0.2) is 0 Å². The van der Waals surface area contributed by atoms with Gasteiger partial charge in [-0.05, 0) is 61.0 Å². The molecule has 2 nitrogen and oxygen atoms in total. The fraction of sp³-hybridized carbons (Fsp3) is 0.421. The van der Waals surface area contributed by atoms with Crippen molar-refractivity contribution in [2.24, 2.45) is 5.92 Å². The van der Waals surface area contributed by atoms with E-state index in [-0.39, 0.29) is 0 Å². The Morgan fingerprint density at radius 3 is 2.68 bits per heavy atom. The van der Waals surface area contributed by atoms with Gasteiger partial charge in [-0.25, -0.2) is 0 Å². The molecule has 3 heteroatoms. The molecule has 1 aromatic carbocycles. The van der Waals surface area contributed by atoms with Crippen molar-refractivity contribution in [3.63, 3.8) is 0 Å². The average Bonchev–Trinajstić information content (AvgIpc) is 3.01. The highest BCUT2D eigenvalue weighted by atomic mass is 32.1. The number of allylic oxidation sites excluding steroid dienone is 1. The Labute approximate surface area is 137 Å². The van der Waals surface area contributed by atoms with Gasteiger partial charge in [-0.3, -0.25) is 0 Å². The molecule has 1 heterocycles. The minimum atomic E-state index is 0.646. The van der Waals surface area contributed by atoms with Crippen molar-refractivity contribution in [3.8, 4) is 10.4 Å². The maximum absolute atomic E-state index is 4.39. The van der Waals surface area contributed by atoms with Crippen molar-refractivity contribution >= 4 is 17.2 Å². The Morgan fingerprint density at radius 1 is 1.23 bits per heavy atom. The number of hydrogen-bond acceptors (Lipinski definition) is 3. The normalized spacial score (nSPS) is 15.7. The highest BCUT2D eigenvalue weighted by Gasteiger charge is 2.20. The van der Waals surface area contributed by atoms with Crippen LogP contribution in [0.25, 0.3) is 10.4 Å². The van der Waals surface area contributed by atoms with Gasteiger partial charge >= 0.3 is 0 Å². The van der Waals surface area contributed by atoms with Crippen molar-refractivity contribution in [1.29, 1.82) is 0 Å². The van der Waals surface area contributed by atoms with Gasteiger partial charge in [0, 0.05) is 18.4 Å². The Morgan fingerprint density at radius 2 is 2.00 bits per heavy atom. The lowest BCUT2D eigenvalue weighted by Gasteiger charge is -2.31. The summed E-state index contributed by atoms with van der Waals surface area (Å²) in [4.78, 5) is 3.50. The molecular weight excluding hydrogens is 288 g/mol. The van der Waals surface area contributed by atoms with Crippen molar-refractivity contribution in [1.82, 2.24) is 4.37 Å². The molecule has 0 aliphatic heterocycles. The molecule has 116 valence electrons. The van der Waals surface area contributed by atoms with Crippen molar-refractivity contribution < 1.29 is 0 Å². The third kappa shape index (κ3) is 3.25. The van der Waals surface area contributed by atoms with Gasteiger partial charge in [-0.1, -0.05) is 38.0 Å². The minimum Gasteiger partial charge on any atom is -0.348 e. The number of aryl methyl sites for hydroxylation is 1. The topological polar surface area (TPSA) is 16.1 Å². The van der Waals surface area contributed by atoms with Crippen LogP contribution < -0.4 is 4.90 Å². The van der Waals surface area contributed by atoms with E-state index in [0.29, 0.717) is 5.92 Å². The van der Waals surface area contributed by atoms with Crippen LogP contribution in [-0.2, 0) is 0 Å². The summed E-state index contributed by atoms with van der Waals surface area (Å²) in [5.41, 5.74) is 4.81. The number of benzene rings is 1. The van der Waals surface area contributed by atoms with Crippen LogP contribution in [0, 0.1) is 12.8 Å². The molecule has 0 saturated heterocycles. The van der Waals surface area contributed by atoms with E-state index < -0.39 is 0 Å². The molecule has 0 N–H and O–H groups in total. The van der Waals surface area contributed by atoms with E-state index >= 15 is 0 Å². The summed E-state index contributed by atoms with van der Waals surface area (Å²) < 4.78 is 4.39. The quantitative estimate of drug-likeness (QED) is 0.725. The lowest BCUT2D eigenvalue weighted by atomic mass is 9.87. The summed E-state index contributed by atoms with van der Waals surface area (Å²) in [7, 11) is 2.15. The summed E-state index contributed by atoms with van der Waals surface area (Å²) >= 11 is 1.57. The molecule has 1 aliphatic carbocycles. The Kier molecular flexibility index (Phi) is 4.63. The average molecular weight is 312 g/mol. The zero-order chi connectivity index (χ0) is 15.5. The van der Waals surface area contributed by atoms with Crippen molar-refractivity contribution in [2.75, 3.05) is 11.9 Å². The van der Waals surface area contributed by atoms with Crippen LogP contribution in [0.5, 0.6) is 0 Å². The van der Waals surface area contributed by atoms with E-state index in [9.17, 15) is 0 Å². The van der Waals surface area contributed by atoms with Gasteiger partial charge in [0.05, 0.1) is 10.6 Å². The molecule has 1 saturated carbocycles. The number of nitrogens with zero attached hydrogens (tertiary/aromatic N) is 2. The smallest absolute Gasteiger partial charge is 0.0553 e. The third-order valence-electron chi connectivity index (χ3n) is 4.65. The lowest BCUT2D eigenvalue weighted by Crippen LogP contribution is -2.23. The summed E-state index contributed by atoms with van der Waals surface area (Å²) in [6, 6.07) is 10.9. The zero-order valence-electron chi connectivity index (χ0n) is 13.5. The summed E-state index contributed by atoms with van der Waals surface area (Å²) in [6.07, 6.45) is 6.65. The van der Waals surface area contributed by atoms with E-state index in [4.69, 9.17) is 0 Å². The van der Waals surface area contributed by atoms with Gasteiger partial charge in [-0.2, -0.15) is 4.37 Å². The third-order valence-corrected chi connectivity index (χ3v) is 5.58.